The predicted molar refractivity (Wildman–Crippen MR) is 131 cm³/mol. The van der Waals surface area contributed by atoms with Crippen molar-refractivity contribution in [3.8, 4) is 5.75 Å². The lowest BCUT2D eigenvalue weighted by molar-refractivity contribution is -0.112. The minimum absolute atomic E-state index is 0.152. The molecule has 1 fully saturated rings. The fraction of sp³-hybridized carbons (Fsp3) is 0.292. The first-order chi connectivity index (χ1) is 15.6. The number of hydrogen-bond acceptors (Lipinski definition) is 6. The predicted octanol–water partition coefficient (Wildman–Crippen LogP) is 4.30. The minimum Gasteiger partial charge on any atom is -0.494 e. The Morgan fingerprint density at radius 2 is 2.06 bits per heavy atom. The second-order valence-corrected chi connectivity index (χ2v) is 8.56. The van der Waals surface area contributed by atoms with Gasteiger partial charge in [0.25, 0.3) is 0 Å². The first-order valence-electron chi connectivity index (χ1n) is 10.6. The summed E-state index contributed by atoms with van der Waals surface area (Å²) in [6.45, 7) is 2.53. The van der Waals surface area contributed by atoms with Gasteiger partial charge in [0, 0.05) is 28.5 Å². The molecule has 166 valence electrons. The van der Waals surface area contributed by atoms with Crippen molar-refractivity contribution in [2.24, 2.45) is 0 Å². The second kappa shape index (κ2) is 10.6. The fourth-order valence-corrected chi connectivity index (χ4v) is 4.20. The zero-order chi connectivity index (χ0) is 22.3. The van der Waals surface area contributed by atoms with Gasteiger partial charge < -0.3 is 20.7 Å². The van der Waals surface area contributed by atoms with Crippen molar-refractivity contribution >= 4 is 44.2 Å². The van der Waals surface area contributed by atoms with Crippen molar-refractivity contribution in [3.63, 3.8) is 0 Å². The molecule has 3 N–H and O–H groups in total. The number of benzene rings is 2. The molecule has 1 saturated heterocycles. The van der Waals surface area contributed by atoms with Gasteiger partial charge in [0.05, 0.1) is 18.3 Å². The number of amides is 1. The number of rotatable bonds is 7. The maximum Gasteiger partial charge on any atom is 0.248 e. The molecule has 0 atom stereocenters. The van der Waals surface area contributed by atoms with Gasteiger partial charge in [-0.3, -0.25) is 4.79 Å². The van der Waals surface area contributed by atoms with Crippen LogP contribution in [0, 0.1) is 0 Å². The summed E-state index contributed by atoms with van der Waals surface area (Å²) >= 11 is 3.51. The van der Waals surface area contributed by atoms with Gasteiger partial charge in [0.2, 0.25) is 5.91 Å². The molecular formula is C24H26BrN5O2. The van der Waals surface area contributed by atoms with Gasteiger partial charge in [-0.2, -0.15) is 0 Å². The van der Waals surface area contributed by atoms with Crippen LogP contribution in [0.25, 0.3) is 10.9 Å². The van der Waals surface area contributed by atoms with Crippen LogP contribution in [-0.4, -0.2) is 42.6 Å². The number of halogens is 1. The summed E-state index contributed by atoms with van der Waals surface area (Å²) in [7, 11) is 1.58. The van der Waals surface area contributed by atoms with Crippen LogP contribution in [0.1, 0.15) is 18.4 Å². The largest absolute Gasteiger partial charge is 0.494 e. The van der Waals surface area contributed by atoms with E-state index in [1.54, 1.807) is 13.2 Å². The number of fused-ring (bicyclic) bond motifs is 1. The van der Waals surface area contributed by atoms with Crippen LogP contribution < -0.4 is 20.7 Å². The molecule has 0 bridgehead atoms. The molecule has 2 aromatic carbocycles. The highest BCUT2D eigenvalue weighted by Crippen LogP contribution is 2.32. The molecule has 0 saturated carbocycles. The number of nitrogens with zero attached hydrogens (tertiary/aromatic N) is 2. The number of aromatic nitrogens is 2. The zero-order valence-corrected chi connectivity index (χ0v) is 19.5. The van der Waals surface area contributed by atoms with Crippen LogP contribution in [0.5, 0.6) is 5.75 Å². The molecule has 1 aromatic heterocycles. The SMILES string of the molecule is COc1cc2ncnc(NCCc3cccc(Br)c3)c2cc1NC(=O)C=C1CCNCC1. The molecule has 32 heavy (non-hydrogen) atoms. The van der Waals surface area contributed by atoms with Crippen molar-refractivity contribution in [2.45, 2.75) is 19.3 Å². The summed E-state index contributed by atoms with van der Waals surface area (Å²) in [5, 5.41) is 10.5. The van der Waals surface area contributed by atoms with Gasteiger partial charge in [-0.25, -0.2) is 9.97 Å². The van der Waals surface area contributed by atoms with Crippen LogP contribution in [0.15, 0.2) is 58.8 Å². The van der Waals surface area contributed by atoms with E-state index < -0.39 is 0 Å². The van der Waals surface area contributed by atoms with E-state index >= 15 is 0 Å². The number of anilines is 2. The molecule has 0 aliphatic carbocycles. The van der Waals surface area contributed by atoms with Crippen molar-refractivity contribution in [3.05, 3.63) is 64.4 Å². The molecule has 8 heteroatoms. The fourth-order valence-electron chi connectivity index (χ4n) is 3.76. The lowest BCUT2D eigenvalue weighted by Crippen LogP contribution is -2.24. The first-order valence-corrected chi connectivity index (χ1v) is 11.4. The Morgan fingerprint density at radius 1 is 1.22 bits per heavy atom. The summed E-state index contributed by atoms with van der Waals surface area (Å²) < 4.78 is 6.57. The summed E-state index contributed by atoms with van der Waals surface area (Å²) in [6.07, 6.45) is 5.86. The van der Waals surface area contributed by atoms with E-state index in [-0.39, 0.29) is 5.91 Å². The maximum atomic E-state index is 12.6. The average Bonchev–Trinajstić information content (AvgIpc) is 2.79. The van der Waals surface area contributed by atoms with Crippen molar-refractivity contribution < 1.29 is 9.53 Å². The molecule has 1 amide bonds. The number of carbonyl (C=O) groups is 1. The quantitative estimate of drug-likeness (QED) is 0.423. The summed E-state index contributed by atoms with van der Waals surface area (Å²) in [5.74, 6) is 1.13. The monoisotopic (exact) mass is 495 g/mol. The third-order valence-corrected chi connectivity index (χ3v) is 5.88. The number of nitrogens with one attached hydrogen (secondary N) is 3. The average molecular weight is 496 g/mol. The number of carbonyl (C=O) groups excluding carboxylic acids is 1. The summed E-state index contributed by atoms with van der Waals surface area (Å²) in [4.78, 5) is 21.4. The Hall–Kier alpha value is -2.97. The molecule has 1 aliphatic rings. The molecule has 4 rings (SSSR count). The Morgan fingerprint density at radius 3 is 2.84 bits per heavy atom. The lowest BCUT2D eigenvalue weighted by atomic mass is 10.1. The standard InChI is InChI=1S/C24H26BrN5O2/c1-32-22-14-20-19(13-21(22)30-23(31)12-17-5-8-26-9-6-17)24(29-15-28-20)27-10-7-16-3-2-4-18(25)11-16/h2-4,11-15,26H,5-10H2,1H3,(H,30,31)(H,27,28,29). The third kappa shape index (κ3) is 5.63. The topological polar surface area (TPSA) is 88.2 Å². The number of methoxy groups -OCH3 is 1. The third-order valence-electron chi connectivity index (χ3n) is 5.39. The Kier molecular flexibility index (Phi) is 7.34. The Balaban J connectivity index is 1.53. The Bertz CT molecular complexity index is 1140. The molecule has 0 spiro atoms. The van der Waals surface area contributed by atoms with Crippen LogP contribution in [-0.2, 0) is 11.2 Å². The van der Waals surface area contributed by atoms with Gasteiger partial charge in [-0.15, -0.1) is 0 Å². The maximum absolute atomic E-state index is 12.6. The van der Waals surface area contributed by atoms with Gasteiger partial charge in [0.15, 0.2) is 0 Å². The number of ether oxygens (including phenoxy) is 1. The van der Waals surface area contributed by atoms with Gasteiger partial charge >= 0.3 is 0 Å². The number of hydrogen-bond donors (Lipinski definition) is 3. The minimum atomic E-state index is -0.152. The molecule has 0 unspecified atom stereocenters. The van der Waals surface area contributed by atoms with Gasteiger partial charge in [-0.05, 0) is 56.1 Å². The van der Waals surface area contributed by atoms with E-state index in [9.17, 15) is 4.79 Å². The van der Waals surface area contributed by atoms with Crippen LogP contribution in [0.4, 0.5) is 11.5 Å². The highest BCUT2D eigenvalue weighted by atomic mass is 79.9. The van der Waals surface area contributed by atoms with E-state index in [0.717, 1.165) is 65.7 Å². The van der Waals surface area contributed by atoms with E-state index in [0.29, 0.717) is 11.4 Å². The lowest BCUT2D eigenvalue weighted by Gasteiger charge is -2.16. The van der Waals surface area contributed by atoms with Crippen LogP contribution in [0.3, 0.4) is 0 Å². The highest BCUT2D eigenvalue weighted by Gasteiger charge is 2.13. The highest BCUT2D eigenvalue weighted by molar-refractivity contribution is 9.10. The number of piperidine rings is 1. The van der Waals surface area contributed by atoms with E-state index in [1.165, 1.54) is 11.9 Å². The van der Waals surface area contributed by atoms with E-state index in [4.69, 9.17) is 4.74 Å². The van der Waals surface area contributed by atoms with Crippen LogP contribution >= 0.6 is 15.9 Å². The van der Waals surface area contributed by atoms with Gasteiger partial charge in [0.1, 0.15) is 17.9 Å². The molecule has 3 aromatic rings. The molecule has 2 heterocycles. The Labute approximate surface area is 195 Å². The van der Waals surface area contributed by atoms with Crippen LogP contribution in [0.2, 0.25) is 0 Å². The van der Waals surface area contributed by atoms with Crippen molar-refractivity contribution in [2.75, 3.05) is 37.4 Å². The normalized spacial score (nSPS) is 13.6. The summed E-state index contributed by atoms with van der Waals surface area (Å²) in [6, 6.07) is 11.9. The molecule has 7 nitrogen and oxygen atoms in total. The smallest absolute Gasteiger partial charge is 0.248 e. The van der Waals surface area contributed by atoms with Crippen molar-refractivity contribution in [1.29, 1.82) is 0 Å². The van der Waals surface area contributed by atoms with E-state index in [1.807, 2.05) is 24.3 Å². The molecular weight excluding hydrogens is 470 g/mol. The zero-order valence-electron chi connectivity index (χ0n) is 18.0. The van der Waals surface area contributed by atoms with Crippen molar-refractivity contribution in [1.82, 2.24) is 15.3 Å². The van der Waals surface area contributed by atoms with Gasteiger partial charge in [-0.1, -0.05) is 33.6 Å². The summed E-state index contributed by atoms with van der Waals surface area (Å²) in [5.41, 5.74) is 3.72. The first kappa shape index (κ1) is 22.2. The molecule has 0 radical (unpaired) electrons. The molecule has 1 aliphatic heterocycles. The second-order valence-electron chi connectivity index (χ2n) is 7.64. The van der Waals surface area contributed by atoms with E-state index in [2.05, 4.69) is 54.0 Å².